The molecule has 1 N–H and O–H groups in total. The molecule has 2 aromatic carbocycles. The van der Waals surface area contributed by atoms with Crippen molar-refractivity contribution in [3.05, 3.63) is 101 Å². The average molecular weight is 494 g/mol. The zero-order valence-electron chi connectivity index (χ0n) is 20.0. The fourth-order valence-electron chi connectivity index (χ4n) is 4.76. The van der Waals surface area contributed by atoms with Crippen LogP contribution < -0.4 is 5.32 Å². The van der Waals surface area contributed by atoms with Crippen LogP contribution >= 0.6 is 0 Å². The Kier molecular flexibility index (Phi) is 6.15. The maximum atomic E-state index is 14.0. The van der Waals surface area contributed by atoms with Crippen molar-refractivity contribution in [2.45, 2.75) is 51.5 Å². The number of ketones is 1. The number of aryl methyl sites for hydroxylation is 1. The highest BCUT2D eigenvalue weighted by molar-refractivity contribution is 5.96. The summed E-state index contributed by atoms with van der Waals surface area (Å²) in [6.07, 6.45) is -4.69. The van der Waals surface area contributed by atoms with Gasteiger partial charge in [0, 0.05) is 30.2 Å². The predicted molar refractivity (Wildman–Crippen MR) is 130 cm³/mol. The van der Waals surface area contributed by atoms with Crippen LogP contribution in [0, 0.1) is 13.8 Å². The van der Waals surface area contributed by atoms with Crippen LogP contribution in [0.5, 0.6) is 0 Å². The van der Waals surface area contributed by atoms with E-state index in [0.29, 0.717) is 6.54 Å². The maximum Gasteiger partial charge on any atom is 0.410 e. The van der Waals surface area contributed by atoms with Gasteiger partial charge in [-0.05, 0) is 25.0 Å². The number of halogens is 3. The van der Waals surface area contributed by atoms with E-state index in [1.165, 1.54) is 6.07 Å². The summed E-state index contributed by atoms with van der Waals surface area (Å²) in [5, 5.41) is 11.8. The summed E-state index contributed by atoms with van der Waals surface area (Å²) in [7, 11) is 0. The summed E-state index contributed by atoms with van der Waals surface area (Å²) in [6.45, 7) is 4.30. The predicted octanol–water partition coefficient (Wildman–Crippen LogP) is 5.83. The van der Waals surface area contributed by atoms with Gasteiger partial charge in [-0.15, -0.1) is 0 Å². The van der Waals surface area contributed by atoms with Crippen molar-refractivity contribution in [2.24, 2.45) is 0 Å². The second-order valence-electron chi connectivity index (χ2n) is 9.15. The number of hydrogen-bond donors (Lipinski definition) is 1. The molecule has 0 spiro atoms. The first-order chi connectivity index (χ1) is 17.2. The molecular formula is C27H26F3N5O. The molecule has 2 unspecified atom stereocenters. The average Bonchev–Trinajstić information content (AvgIpc) is 3.40. The minimum atomic E-state index is -4.50. The van der Waals surface area contributed by atoms with Gasteiger partial charge < -0.3 is 5.32 Å². The Bertz CT molecular complexity index is 1380. The fraction of sp³-hybridized carbons (Fsp3) is 0.296. The minimum absolute atomic E-state index is 0.00933. The van der Waals surface area contributed by atoms with Gasteiger partial charge in [-0.3, -0.25) is 9.48 Å². The lowest BCUT2D eigenvalue weighted by Gasteiger charge is -2.33. The summed E-state index contributed by atoms with van der Waals surface area (Å²) >= 11 is 0. The molecule has 0 fully saturated rings. The lowest BCUT2D eigenvalue weighted by molar-refractivity contribution is -0.173. The van der Waals surface area contributed by atoms with Crippen LogP contribution in [-0.2, 0) is 13.0 Å². The molecule has 9 heteroatoms. The van der Waals surface area contributed by atoms with Crippen LogP contribution in [0.2, 0.25) is 0 Å². The molecule has 5 rings (SSSR count). The van der Waals surface area contributed by atoms with Gasteiger partial charge in [-0.25, -0.2) is 4.68 Å². The zero-order valence-corrected chi connectivity index (χ0v) is 20.0. The monoisotopic (exact) mass is 493 g/mol. The molecule has 1 aliphatic rings. The number of hydrogen-bond acceptors (Lipinski definition) is 4. The number of nitrogens with zero attached hydrogens (tertiary/aromatic N) is 4. The van der Waals surface area contributed by atoms with E-state index >= 15 is 0 Å². The Morgan fingerprint density at radius 2 is 1.69 bits per heavy atom. The van der Waals surface area contributed by atoms with Crippen molar-refractivity contribution < 1.29 is 18.0 Å². The topological polar surface area (TPSA) is 64.7 Å². The highest BCUT2D eigenvalue weighted by atomic mass is 19.4. The molecule has 0 radical (unpaired) electrons. The largest absolute Gasteiger partial charge is 0.410 e. The molecule has 0 saturated heterocycles. The van der Waals surface area contributed by atoms with Crippen LogP contribution in [-0.4, -0.2) is 31.5 Å². The summed E-state index contributed by atoms with van der Waals surface area (Å²) < 4.78 is 44.7. The summed E-state index contributed by atoms with van der Waals surface area (Å²) in [4.78, 5) is 13.2. The molecule has 4 aromatic rings. The third-order valence-electron chi connectivity index (χ3n) is 6.72. The van der Waals surface area contributed by atoms with E-state index in [2.05, 4.69) is 15.5 Å². The van der Waals surface area contributed by atoms with Gasteiger partial charge in [0.2, 0.25) is 0 Å². The normalized spacial score (nSPS) is 17.5. The van der Waals surface area contributed by atoms with Crippen LogP contribution in [0.1, 0.15) is 57.1 Å². The third kappa shape index (κ3) is 4.65. The van der Waals surface area contributed by atoms with E-state index in [0.717, 1.165) is 32.8 Å². The van der Waals surface area contributed by atoms with Crippen molar-refractivity contribution in [3.63, 3.8) is 0 Å². The van der Waals surface area contributed by atoms with Gasteiger partial charge >= 0.3 is 6.18 Å². The van der Waals surface area contributed by atoms with Gasteiger partial charge in [-0.1, -0.05) is 60.7 Å². The number of alkyl halides is 3. The zero-order chi connectivity index (χ0) is 25.4. The third-order valence-corrected chi connectivity index (χ3v) is 6.72. The number of carbonyl (C=O) groups excluding carboxylic acids is 1. The van der Waals surface area contributed by atoms with E-state index in [4.69, 9.17) is 0 Å². The quantitative estimate of drug-likeness (QED) is 0.343. The number of rotatable bonds is 6. The van der Waals surface area contributed by atoms with Gasteiger partial charge in [0.25, 0.3) is 0 Å². The van der Waals surface area contributed by atoms with E-state index in [1.54, 1.807) is 24.3 Å². The van der Waals surface area contributed by atoms with Gasteiger partial charge in [0.05, 0.1) is 18.3 Å². The maximum absolute atomic E-state index is 14.0. The van der Waals surface area contributed by atoms with Gasteiger partial charge in [0.1, 0.15) is 11.5 Å². The molecule has 0 aliphatic carbocycles. The highest BCUT2D eigenvalue weighted by Crippen LogP contribution is 2.43. The summed E-state index contributed by atoms with van der Waals surface area (Å²) in [6, 6.07) is 17.9. The molecule has 1 aliphatic heterocycles. The number of Topliss-reactive ketones (excluding diaryl/α,β-unsaturated/α-hetero) is 1. The number of nitrogens with one attached hydrogen (secondary N) is 1. The Morgan fingerprint density at radius 3 is 2.36 bits per heavy atom. The molecule has 2 aromatic heterocycles. The summed E-state index contributed by atoms with van der Waals surface area (Å²) in [5.74, 6) is -0.157. The number of fused-ring (bicyclic) bond motifs is 1. The SMILES string of the molecule is Cc1nn(Cc2ccccc2)c(C)c1CC(=O)c1cc2n(n1)C(C(F)(F)F)CC(c1ccccc1)N2. The molecular weight excluding hydrogens is 467 g/mol. The number of aromatic nitrogens is 4. The molecule has 0 amide bonds. The van der Waals surface area contributed by atoms with Crippen molar-refractivity contribution >= 4 is 11.6 Å². The molecule has 0 bridgehead atoms. The number of benzene rings is 2. The molecule has 2 atom stereocenters. The lowest BCUT2D eigenvalue weighted by Crippen LogP contribution is -2.35. The molecule has 0 saturated carbocycles. The standard InChI is InChI=1S/C27H26F3N5O/c1-17-21(18(2)34(32-17)16-19-9-5-3-6-10-19)13-24(36)23-15-26-31-22(20-11-7-4-8-12-20)14-25(27(28,29)30)35(26)33-23/h3-12,15,22,25,31H,13-14,16H2,1-2H3. The second kappa shape index (κ2) is 9.29. The van der Waals surface area contributed by atoms with E-state index < -0.39 is 18.3 Å². The van der Waals surface area contributed by atoms with Crippen molar-refractivity contribution in [2.75, 3.05) is 5.32 Å². The smallest absolute Gasteiger partial charge is 0.363 e. The lowest BCUT2D eigenvalue weighted by atomic mass is 9.97. The molecule has 186 valence electrons. The van der Waals surface area contributed by atoms with Crippen LogP contribution in [0.4, 0.5) is 19.0 Å². The van der Waals surface area contributed by atoms with E-state index in [-0.39, 0.29) is 30.1 Å². The van der Waals surface area contributed by atoms with Crippen LogP contribution in [0.3, 0.4) is 0 Å². The second-order valence-corrected chi connectivity index (χ2v) is 9.15. The van der Waals surface area contributed by atoms with Gasteiger partial charge in [-0.2, -0.15) is 23.4 Å². The van der Waals surface area contributed by atoms with Crippen molar-refractivity contribution in [3.8, 4) is 0 Å². The first kappa shape index (κ1) is 23.8. The number of anilines is 1. The van der Waals surface area contributed by atoms with E-state index in [1.807, 2.05) is 54.9 Å². The van der Waals surface area contributed by atoms with Crippen LogP contribution in [0.15, 0.2) is 66.7 Å². The fourth-order valence-corrected chi connectivity index (χ4v) is 4.76. The van der Waals surface area contributed by atoms with Gasteiger partial charge in [0.15, 0.2) is 11.8 Å². The molecule has 6 nitrogen and oxygen atoms in total. The van der Waals surface area contributed by atoms with Crippen molar-refractivity contribution in [1.82, 2.24) is 19.6 Å². The Morgan fingerprint density at radius 1 is 1.03 bits per heavy atom. The van der Waals surface area contributed by atoms with Crippen LogP contribution in [0.25, 0.3) is 0 Å². The number of carbonyl (C=O) groups is 1. The minimum Gasteiger partial charge on any atom is -0.363 e. The summed E-state index contributed by atoms with van der Waals surface area (Å²) in [5.41, 5.74) is 4.18. The van der Waals surface area contributed by atoms with E-state index in [9.17, 15) is 18.0 Å². The van der Waals surface area contributed by atoms with Crippen molar-refractivity contribution in [1.29, 1.82) is 0 Å². The first-order valence-electron chi connectivity index (χ1n) is 11.8. The molecule has 3 heterocycles. The Hall–Kier alpha value is -3.88. The Balaban J connectivity index is 1.40. The Labute approximate surface area is 206 Å². The highest BCUT2D eigenvalue weighted by Gasteiger charge is 2.46. The molecule has 36 heavy (non-hydrogen) atoms. The first-order valence-corrected chi connectivity index (χ1v) is 11.8.